The van der Waals surface area contributed by atoms with Crippen molar-refractivity contribution in [3.63, 3.8) is 0 Å². The van der Waals surface area contributed by atoms with Gasteiger partial charge in [0.2, 0.25) is 0 Å². The van der Waals surface area contributed by atoms with Gasteiger partial charge in [-0.05, 0) is 37.4 Å². The summed E-state index contributed by atoms with van der Waals surface area (Å²) >= 11 is 1.61. The number of benzene rings is 1. The van der Waals surface area contributed by atoms with Crippen molar-refractivity contribution in [1.82, 2.24) is 10.1 Å². The topological polar surface area (TPSA) is 68.7 Å². The highest BCUT2D eigenvalue weighted by molar-refractivity contribution is 7.98. The molecule has 2 aromatic heterocycles. The van der Waals surface area contributed by atoms with E-state index in [1.165, 1.54) is 0 Å². The molecule has 136 valence electrons. The van der Waals surface area contributed by atoms with E-state index in [0.717, 1.165) is 10.6 Å². The van der Waals surface area contributed by atoms with E-state index in [-0.39, 0.29) is 24.2 Å². The summed E-state index contributed by atoms with van der Waals surface area (Å²) in [5.74, 6) is 1.73. The summed E-state index contributed by atoms with van der Waals surface area (Å²) in [6, 6.07) is 12.8. The first-order valence-electron chi connectivity index (χ1n) is 8.12. The van der Waals surface area contributed by atoms with Crippen LogP contribution in [-0.4, -0.2) is 29.3 Å². The van der Waals surface area contributed by atoms with Gasteiger partial charge in [0.1, 0.15) is 18.1 Å². The highest BCUT2D eigenvalue weighted by atomic mass is 32.2. The van der Waals surface area contributed by atoms with Crippen LogP contribution in [0.4, 0.5) is 0 Å². The average Bonchev–Trinajstić information content (AvgIpc) is 3.36. The Bertz CT molecular complexity index is 860. The van der Waals surface area contributed by atoms with Crippen molar-refractivity contribution in [2.24, 2.45) is 0 Å². The molecule has 0 aliphatic heterocycles. The van der Waals surface area contributed by atoms with Crippen LogP contribution >= 0.6 is 11.8 Å². The zero-order chi connectivity index (χ0) is 18.5. The van der Waals surface area contributed by atoms with E-state index in [0.29, 0.717) is 11.5 Å². The van der Waals surface area contributed by atoms with E-state index in [9.17, 15) is 4.79 Å². The molecular formula is C19H20N2O4S. The number of aromatic nitrogens is 1. The molecule has 26 heavy (non-hydrogen) atoms. The fourth-order valence-corrected chi connectivity index (χ4v) is 2.99. The van der Waals surface area contributed by atoms with Gasteiger partial charge in [-0.1, -0.05) is 17.3 Å². The SMILES string of the molecule is CSc1ccccc1OCc1cc(C(=O)N(C)C(C)c2ccco2)no1. The molecule has 0 aliphatic carbocycles. The van der Waals surface area contributed by atoms with E-state index in [1.54, 1.807) is 42.1 Å². The third-order valence-electron chi connectivity index (χ3n) is 4.07. The van der Waals surface area contributed by atoms with Gasteiger partial charge in [0.15, 0.2) is 11.5 Å². The summed E-state index contributed by atoms with van der Waals surface area (Å²) < 4.78 is 16.4. The van der Waals surface area contributed by atoms with E-state index in [4.69, 9.17) is 13.7 Å². The van der Waals surface area contributed by atoms with Gasteiger partial charge in [0.25, 0.3) is 5.91 Å². The van der Waals surface area contributed by atoms with Gasteiger partial charge in [-0.25, -0.2) is 0 Å². The zero-order valence-corrected chi connectivity index (χ0v) is 15.7. The number of para-hydroxylation sites is 1. The third kappa shape index (κ3) is 3.94. The van der Waals surface area contributed by atoms with Crippen LogP contribution in [-0.2, 0) is 6.61 Å². The Morgan fingerprint density at radius 2 is 2.12 bits per heavy atom. The van der Waals surface area contributed by atoms with Gasteiger partial charge < -0.3 is 18.6 Å². The Morgan fingerprint density at radius 1 is 1.31 bits per heavy atom. The zero-order valence-electron chi connectivity index (χ0n) is 14.8. The summed E-state index contributed by atoms with van der Waals surface area (Å²) in [7, 11) is 1.70. The van der Waals surface area contributed by atoms with Gasteiger partial charge in [-0.15, -0.1) is 11.8 Å². The summed E-state index contributed by atoms with van der Waals surface area (Å²) in [5, 5.41) is 3.87. The number of furan rings is 1. The van der Waals surface area contributed by atoms with Gasteiger partial charge in [0.05, 0.1) is 12.3 Å². The van der Waals surface area contributed by atoms with E-state index < -0.39 is 0 Å². The fourth-order valence-electron chi connectivity index (χ4n) is 2.45. The number of ether oxygens (including phenoxy) is 1. The minimum absolute atomic E-state index is 0.204. The molecule has 0 fully saturated rings. The molecule has 0 bridgehead atoms. The number of carbonyl (C=O) groups excluding carboxylic acids is 1. The van der Waals surface area contributed by atoms with Crippen molar-refractivity contribution < 1.29 is 18.5 Å². The second kappa shape index (κ2) is 8.14. The van der Waals surface area contributed by atoms with Crippen LogP contribution in [0, 0.1) is 0 Å². The van der Waals surface area contributed by atoms with E-state index in [1.807, 2.05) is 43.5 Å². The number of thioether (sulfide) groups is 1. The summed E-state index contributed by atoms with van der Waals surface area (Å²) in [6.07, 6.45) is 3.57. The van der Waals surface area contributed by atoms with Gasteiger partial charge in [0, 0.05) is 18.0 Å². The number of hydrogen-bond donors (Lipinski definition) is 0. The predicted octanol–water partition coefficient (Wildman–Crippen LogP) is 4.40. The maximum absolute atomic E-state index is 12.6. The molecule has 1 aromatic carbocycles. The van der Waals surface area contributed by atoms with Crippen LogP contribution in [0.1, 0.15) is 35.0 Å². The molecule has 0 saturated heterocycles. The normalized spacial score (nSPS) is 12.0. The molecule has 3 aromatic rings. The number of rotatable bonds is 7. The molecule has 0 saturated carbocycles. The van der Waals surface area contributed by atoms with Gasteiger partial charge >= 0.3 is 0 Å². The molecule has 0 spiro atoms. The smallest absolute Gasteiger partial charge is 0.276 e. The summed E-state index contributed by atoms with van der Waals surface area (Å²) in [6.45, 7) is 2.09. The van der Waals surface area contributed by atoms with Crippen LogP contribution in [0.3, 0.4) is 0 Å². The van der Waals surface area contributed by atoms with Crippen molar-refractivity contribution in [3.05, 3.63) is 65.9 Å². The van der Waals surface area contributed by atoms with Crippen LogP contribution in [0.15, 0.2) is 62.6 Å². The lowest BCUT2D eigenvalue weighted by Gasteiger charge is -2.21. The molecule has 0 N–H and O–H groups in total. The standard InChI is InChI=1S/C19H20N2O4S/c1-13(16-8-6-10-23-16)21(2)19(22)15-11-14(25-20-15)12-24-17-7-4-5-9-18(17)26-3/h4-11,13H,12H2,1-3H3. The minimum atomic E-state index is -0.242. The molecule has 0 aliphatic rings. The second-order valence-corrected chi connectivity index (χ2v) is 6.57. The maximum Gasteiger partial charge on any atom is 0.276 e. The number of carbonyl (C=O) groups is 1. The maximum atomic E-state index is 12.6. The van der Waals surface area contributed by atoms with E-state index >= 15 is 0 Å². The Balaban J connectivity index is 1.64. The molecular weight excluding hydrogens is 352 g/mol. The van der Waals surface area contributed by atoms with Crippen molar-refractivity contribution in [1.29, 1.82) is 0 Å². The van der Waals surface area contributed by atoms with Crippen LogP contribution in [0.25, 0.3) is 0 Å². The summed E-state index contributed by atoms with van der Waals surface area (Å²) in [4.78, 5) is 15.2. The number of hydrogen-bond acceptors (Lipinski definition) is 6. The lowest BCUT2D eigenvalue weighted by atomic mass is 10.2. The fraction of sp³-hybridized carbons (Fsp3) is 0.263. The average molecular weight is 372 g/mol. The quantitative estimate of drug-likeness (QED) is 0.573. The van der Waals surface area contributed by atoms with Gasteiger partial charge in [-0.2, -0.15) is 0 Å². The van der Waals surface area contributed by atoms with Crippen LogP contribution < -0.4 is 4.74 Å². The highest BCUT2D eigenvalue weighted by Gasteiger charge is 2.23. The van der Waals surface area contributed by atoms with Crippen molar-refractivity contribution in [2.75, 3.05) is 13.3 Å². The highest BCUT2D eigenvalue weighted by Crippen LogP contribution is 2.27. The lowest BCUT2D eigenvalue weighted by molar-refractivity contribution is 0.0715. The lowest BCUT2D eigenvalue weighted by Crippen LogP contribution is -2.29. The first-order valence-corrected chi connectivity index (χ1v) is 9.34. The summed E-state index contributed by atoms with van der Waals surface area (Å²) in [5.41, 5.74) is 0.239. The Hall–Kier alpha value is -2.67. The molecule has 7 heteroatoms. The van der Waals surface area contributed by atoms with Gasteiger partial charge in [-0.3, -0.25) is 4.79 Å². The molecule has 1 atom stereocenters. The molecule has 0 radical (unpaired) electrons. The number of nitrogens with zero attached hydrogens (tertiary/aromatic N) is 2. The van der Waals surface area contributed by atoms with Crippen molar-refractivity contribution >= 4 is 17.7 Å². The molecule has 6 nitrogen and oxygen atoms in total. The predicted molar refractivity (Wildman–Crippen MR) is 98.3 cm³/mol. The monoisotopic (exact) mass is 372 g/mol. The van der Waals surface area contributed by atoms with E-state index in [2.05, 4.69) is 5.16 Å². The Kier molecular flexibility index (Phi) is 5.68. The molecule has 1 amide bonds. The van der Waals surface area contributed by atoms with Crippen LogP contribution in [0.2, 0.25) is 0 Å². The number of amides is 1. The first-order chi connectivity index (χ1) is 12.6. The molecule has 3 rings (SSSR count). The Labute approximate surface area is 156 Å². The minimum Gasteiger partial charge on any atom is -0.484 e. The molecule has 2 heterocycles. The second-order valence-electron chi connectivity index (χ2n) is 5.73. The first kappa shape index (κ1) is 18.1. The molecule has 1 unspecified atom stereocenters. The third-order valence-corrected chi connectivity index (χ3v) is 4.85. The van der Waals surface area contributed by atoms with Crippen LogP contribution in [0.5, 0.6) is 5.75 Å². The van der Waals surface area contributed by atoms with Crippen molar-refractivity contribution in [3.8, 4) is 5.75 Å². The van der Waals surface area contributed by atoms with Crippen molar-refractivity contribution in [2.45, 2.75) is 24.5 Å². The largest absolute Gasteiger partial charge is 0.484 e. The Morgan fingerprint density at radius 3 is 2.85 bits per heavy atom.